The maximum Gasteiger partial charge on any atom is 0.160 e. The fraction of sp³-hybridized carbons (Fsp3) is 0.0508. The first-order chi connectivity index (χ1) is 30.5. The minimum atomic E-state index is -0.109. The molecule has 11 aromatic rings. The van der Waals surface area contributed by atoms with Crippen LogP contribution in [0.1, 0.15) is 25.0 Å². The highest BCUT2D eigenvalue weighted by Gasteiger charge is 2.36. The van der Waals surface area contributed by atoms with Crippen LogP contribution in [0.5, 0.6) is 0 Å². The standard InChI is InChI=1S/C59H40N2O/c1-59(2)52-29-28-41(34-50(52)51-33-39-20-9-10-21-40(39)35-53(51)59)45-22-11-12-23-47(45)55-36-54(60-58(61-55)38-18-7-4-8-19-38)44-31-42(37-16-5-3-6-17-37)30-43(32-44)46-25-15-26-49-48-24-13-14-27-56(48)62-57(46)49/h3-36H,1-2H3. The van der Waals surface area contributed by atoms with E-state index in [4.69, 9.17) is 14.4 Å². The molecule has 0 fully saturated rings. The third-order valence-electron chi connectivity index (χ3n) is 12.9. The van der Waals surface area contributed by atoms with Gasteiger partial charge in [0.25, 0.3) is 0 Å². The van der Waals surface area contributed by atoms with Gasteiger partial charge in [0.2, 0.25) is 0 Å². The van der Waals surface area contributed by atoms with E-state index in [9.17, 15) is 0 Å². The lowest BCUT2D eigenvalue weighted by atomic mass is 9.81. The predicted octanol–water partition coefficient (Wildman–Crippen LogP) is 15.8. The monoisotopic (exact) mass is 792 g/mol. The summed E-state index contributed by atoms with van der Waals surface area (Å²) in [5, 5.41) is 4.75. The summed E-state index contributed by atoms with van der Waals surface area (Å²) in [4.78, 5) is 10.7. The molecule has 0 saturated heterocycles. The molecule has 292 valence electrons. The zero-order chi connectivity index (χ0) is 41.4. The highest BCUT2D eigenvalue weighted by Crippen LogP contribution is 2.51. The van der Waals surface area contributed by atoms with Crippen molar-refractivity contribution < 1.29 is 4.42 Å². The summed E-state index contributed by atoms with van der Waals surface area (Å²) in [6.07, 6.45) is 0. The Morgan fingerprint density at radius 2 is 0.968 bits per heavy atom. The summed E-state index contributed by atoms with van der Waals surface area (Å²) in [5.74, 6) is 0.676. The van der Waals surface area contributed by atoms with Crippen LogP contribution in [0.2, 0.25) is 0 Å². The topological polar surface area (TPSA) is 38.9 Å². The van der Waals surface area contributed by atoms with E-state index in [-0.39, 0.29) is 5.41 Å². The lowest BCUT2D eigenvalue weighted by Crippen LogP contribution is -2.14. The van der Waals surface area contributed by atoms with Crippen molar-refractivity contribution in [3.8, 4) is 78.4 Å². The van der Waals surface area contributed by atoms with Gasteiger partial charge >= 0.3 is 0 Å². The SMILES string of the molecule is CC1(C)c2ccc(-c3ccccc3-c3cc(-c4cc(-c5ccccc5)cc(-c5cccc6c5oc5ccccc56)c4)nc(-c4ccccc4)n3)cc2-c2cc3ccccc3cc21. The van der Waals surface area contributed by atoms with Crippen LogP contribution in [0.3, 0.4) is 0 Å². The Morgan fingerprint density at radius 3 is 1.79 bits per heavy atom. The van der Waals surface area contributed by atoms with Gasteiger partial charge in [-0.05, 0) is 109 Å². The highest BCUT2D eigenvalue weighted by molar-refractivity contribution is 6.10. The van der Waals surface area contributed by atoms with E-state index >= 15 is 0 Å². The quantitative estimate of drug-likeness (QED) is 0.168. The minimum absolute atomic E-state index is 0.109. The fourth-order valence-electron chi connectivity index (χ4n) is 9.72. The molecule has 0 radical (unpaired) electrons. The summed E-state index contributed by atoms with van der Waals surface area (Å²) in [6.45, 7) is 4.70. The van der Waals surface area contributed by atoms with Crippen molar-refractivity contribution >= 4 is 32.7 Å². The zero-order valence-corrected chi connectivity index (χ0v) is 34.4. The number of para-hydroxylation sites is 2. The molecule has 2 aromatic heterocycles. The summed E-state index contributed by atoms with van der Waals surface area (Å²) >= 11 is 0. The number of aromatic nitrogens is 2. The molecular weight excluding hydrogens is 753 g/mol. The summed E-state index contributed by atoms with van der Waals surface area (Å²) in [7, 11) is 0. The third-order valence-corrected chi connectivity index (χ3v) is 12.9. The van der Waals surface area contributed by atoms with Gasteiger partial charge in [-0.1, -0.05) is 172 Å². The molecule has 1 aliphatic rings. The number of rotatable bonds is 6. The second kappa shape index (κ2) is 14.1. The van der Waals surface area contributed by atoms with Crippen LogP contribution in [0.25, 0.3) is 111 Å². The van der Waals surface area contributed by atoms with Gasteiger partial charge in [0, 0.05) is 38.4 Å². The minimum Gasteiger partial charge on any atom is -0.455 e. The summed E-state index contributed by atoms with van der Waals surface area (Å²) < 4.78 is 6.59. The molecule has 3 nitrogen and oxygen atoms in total. The van der Waals surface area contributed by atoms with Crippen molar-refractivity contribution in [1.29, 1.82) is 0 Å². The average Bonchev–Trinajstić information content (AvgIpc) is 3.82. The van der Waals surface area contributed by atoms with E-state index in [1.165, 1.54) is 33.0 Å². The Bertz CT molecular complexity index is 3540. The molecule has 0 spiro atoms. The van der Waals surface area contributed by atoms with Gasteiger partial charge in [-0.3, -0.25) is 0 Å². The highest BCUT2D eigenvalue weighted by atomic mass is 16.3. The first kappa shape index (κ1) is 36.0. The molecule has 0 atom stereocenters. The number of furan rings is 1. The third kappa shape index (κ3) is 5.89. The van der Waals surface area contributed by atoms with Crippen LogP contribution >= 0.6 is 0 Å². The first-order valence-electron chi connectivity index (χ1n) is 21.3. The number of nitrogens with zero attached hydrogens (tertiary/aromatic N) is 2. The van der Waals surface area contributed by atoms with Crippen molar-refractivity contribution in [2.24, 2.45) is 0 Å². The van der Waals surface area contributed by atoms with Crippen molar-refractivity contribution in [1.82, 2.24) is 9.97 Å². The molecule has 0 bridgehead atoms. The average molecular weight is 793 g/mol. The molecule has 0 saturated carbocycles. The van der Waals surface area contributed by atoms with Crippen molar-refractivity contribution in [2.75, 3.05) is 0 Å². The van der Waals surface area contributed by atoms with Gasteiger partial charge in [-0.2, -0.15) is 0 Å². The van der Waals surface area contributed by atoms with Crippen LogP contribution in [0.4, 0.5) is 0 Å². The molecule has 0 aliphatic heterocycles. The van der Waals surface area contributed by atoms with Crippen LogP contribution in [0.15, 0.2) is 211 Å². The number of hydrogen-bond donors (Lipinski definition) is 0. The Balaban J connectivity index is 1.05. The Morgan fingerprint density at radius 1 is 0.355 bits per heavy atom. The lowest BCUT2D eigenvalue weighted by Gasteiger charge is -2.22. The van der Waals surface area contributed by atoms with Gasteiger partial charge in [0.1, 0.15) is 11.2 Å². The largest absolute Gasteiger partial charge is 0.455 e. The second-order valence-corrected chi connectivity index (χ2v) is 16.9. The molecule has 2 heterocycles. The second-order valence-electron chi connectivity index (χ2n) is 16.9. The van der Waals surface area contributed by atoms with Gasteiger partial charge in [-0.15, -0.1) is 0 Å². The smallest absolute Gasteiger partial charge is 0.160 e. The fourth-order valence-corrected chi connectivity index (χ4v) is 9.72. The van der Waals surface area contributed by atoms with Crippen LogP contribution in [0, 0.1) is 0 Å². The number of fused-ring (bicyclic) bond motifs is 7. The summed E-state index contributed by atoms with van der Waals surface area (Å²) in [6, 6.07) is 73.7. The first-order valence-corrected chi connectivity index (χ1v) is 21.3. The molecule has 9 aromatic carbocycles. The maximum absolute atomic E-state index is 6.59. The molecule has 0 unspecified atom stereocenters. The molecule has 0 N–H and O–H groups in total. The van der Waals surface area contributed by atoms with E-state index in [2.05, 4.69) is 190 Å². The Hall–Kier alpha value is -7.88. The van der Waals surface area contributed by atoms with E-state index < -0.39 is 0 Å². The number of benzene rings is 9. The van der Waals surface area contributed by atoms with Crippen molar-refractivity contribution in [3.05, 3.63) is 217 Å². The van der Waals surface area contributed by atoms with Crippen LogP contribution in [-0.4, -0.2) is 9.97 Å². The summed E-state index contributed by atoms with van der Waals surface area (Å²) in [5.41, 5.74) is 18.3. The Kier molecular flexibility index (Phi) is 8.20. The van der Waals surface area contributed by atoms with Gasteiger partial charge in [0.05, 0.1) is 11.4 Å². The van der Waals surface area contributed by atoms with Crippen molar-refractivity contribution in [2.45, 2.75) is 19.3 Å². The van der Waals surface area contributed by atoms with E-state index in [0.717, 1.165) is 83.4 Å². The molecular formula is C59H40N2O. The predicted molar refractivity (Wildman–Crippen MR) is 257 cm³/mol. The molecule has 0 amide bonds. The van der Waals surface area contributed by atoms with Gasteiger partial charge in [0.15, 0.2) is 5.82 Å². The number of hydrogen-bond acceptors (Lipinski definition) is 3. The van der Waals surface area contributed by atoms with E-state index in [1.807, 2.05) is 30.3 Å². The van der Waals surface area contributed by atoms with Crippen LogP contribution < -0.4 is 0 Å². The Labute approximate surface area is 360 Å². The van der Waals surface area contributed by atoms with Gasteiger partial charge < -0.3 is 4.42 Å². The molecule has 12 rings (SSSR count). The zero-order valence-electron chi connectivity index (χ0n) is 34.4. The van der Waals surface area contributed by atoms with Crippen molar-refractivity contribution in [3.63, 3.8) is 0 Å². The maximum atomic E-state index is 6.59. The van der Waals surface area contributed by atoms with E-state index in [1.54, 1.807) is 0 Å². The van der Waals surface area contributed by atoms with E-state index in [0.29, 0.717) is 5.82 Å². The van der Waals surface area contributed by atoms with Crippen LogP contribution in [-0.2, 0) is 5.41 Å². The molecule has 3 heteroatoms. The van der Waals surface area contributed by atoms with Gasteiger partial charge in [-0.25, -0.2) is 9.97 Å². The molecule has 1 aliphatic carbocycles. The lowest BCUT2D eigenvalue weighted by molar-refractivity contribution is 0.661. The molecule has 62 heavy (non-hydrogen) atoms. The normalized spacial score (nSPS) is 12.8.